The minimum Gasteiger partial charge on any atom is -0.496 e. The van der Waals surface area contributed by atoms with Crippen molar-refractivity contribution in [3.63, 3.8) is 0 Å². The molecule has 1 aliphatic carbocycles. The molecule has 5 heteroatoms. The SMILES string of the molecule is COc1ccccc1/C=C/C(=O)NNC(=O)C1CCCCC1. The Balaban J connectivity index is 1.82. The Morgan fingerprint density at radius 3 is 2.59 bits per heavy atom. The molecule has 0 saturated heterocycles. The molecular weight excluding hydrogens is 280 g/mol. The van der Waals surface area contributed by atoms with E-state index in [0.29, 0.717) is 5.75 Å². The van der Waals surface area contributed by atoms with Crippen LogP contribution in [0.1, 0.15) is 37.7 Å². The minimum atomic E-state index is -0.366. The first-order valence-corrected chi connectivity index (χ1v) is 7.61. The second-order valence-corrected chi connectivity index (χ2v) is 5.39. The average Bonchev–Trinajstić information content (AvgIpc) is 2.58. The number of nitrogens with one attached hydrogen (secondary N) is 2. The molecular formula is C17H22N2O3. The van der Waals surface area contributed by atoms with Gasteiger partial charge in [0.2, 0.25) is 5.91 Å². The summed E-state index contributed by atoms with van der Waals surface area (Å²) in [5.41, 5.74) is 5.72. The summed E-state index contributed by atoms with van der Waals surface area (Å²) in [5.74, 6) is 0.249. The summed E-state index contributed by atoms with van der Waals surface area (Å²) in [5, 5.41) is 0. The van der Waals surface area contributed by atoms with E-state index in [0.717, 1.165) is 31.2 Å². The monoisotopic (exact) mass is 302 g/mol. The second kappa shape index (κ2) is 8.22. The smallest absolute Gasteiger partial charge is 0.262 e. The zero-order valence-electron chi connectivity index (χ0n) is 12.8. The molecule has 1 saturated carbocycles. The zero-order valence-corrected chi connectivity index (χ0v) is 12.8. The van der Waals surface area contributed by atoms with Crippen LogP contribution in [0.2, 0.25) is 0 Å². The van der Waals surface area contributed by atoms with Crippen molar-refractivity contribution in [3.8, 4) is 5.75 Å². The highest BCUT2D eigenvalue weighted by Gasteiger charge is 2.20. The number of hydrogen-bond donors (Lipinski definition) is 2. The Morgan fingerprint density at radius 1 is 1.14 bits per heavy atom. The van der Waals surface area contributed by atoms with Gasteiger partial charge in [-0.2, -0.15) is 0 Å². The lowest BCUT2D eigenvalue weighted by Crippen LogP contribution is -2.44. The highest BCUT2D eigenvalue weighted by atomic mass is 16.5. The number of hydrogen-bond acceptors (Lipinski definition) is 3. The second-order valence-electron chi connectivity index (χ2n) is 5.39. The topological polar surface area (TPSA) is 67.4 Å². The number of carbonyl (C=O) groups excluding carboxylic acids is 2. The van der Waals surface area contributed by atoms with Crippen molar-refractivity contribution < 1.29 is 14.3 Å². The fourth-order valence-electron chi connectivity index (χ4n) is 2.60. The number of ether oxygens (including phenoxy) is 1. The molecule has 0 unspecified atom stereocenters. The number of hydrazine groups is 1. The average molecular weight is 302 g/mol. The van der Waals surface area contributed by atoms with E-state index in [2.05, 4.69) is 10.9 Å². The number of amides is 2. The first-order valence-electron chi connectivity index (χ1n) is 7.61. The van der Waals surface area contributed by atoms with E-state index >= 15 is 0 Å². The molecule has 118 valence electrons. The van der Waals surface area contributed by atoms with E-state index < -0.39 is 0 Å². The van der Waals surface area contributed by atoms with Crippen molar-refractivity contribution >= 4 is 17.9 Å². The van der Waals surface area contributed by atoms with Gasteiger partial charge >= 0.3 is 0 Å². The standard InChI is InChI=1S/C17H22N2O3/c1-22-15-10-6-5-7-13(15)11-12-16(20)18-19-17(21)14-8-3-2-4-9-14/h5-7,10-12,14H,2-4,8-9H2,1H3,(H,18,20)(H,19,21)/b12-11+. The molecule has 1 fully saturated rings. The molecule has 1 aromatic carbocycles. The van der Waals surface area contributed by atoms with Gasteiger partial charge in [-0.1, -0.05) is 37.5 Å². The Kier molecular flexibility index (Phi) is 6.01. The summed E-state index contributed by atoms with van der Waals surface area (Å²) in [7, 11) is 1.58. The number of rotatable bonds is 4. The van der Waals surface area contributed by atoms with Gasteiger partial charge in [0.25, 0.3) is 5.91 Å². The van der Waals surface area contributed by atoms with E-state index in [1.54, 1.807) is 13.2 Å². The van der Waals surface area contributed by atoms with Gasteiger partial charge in [0.05, 0.1) is 7.11 Å². The third-order valence-electron chi connectivity index (χ3n) is 3.84. The summed E-state index contributed by atoms with van der Waals surface area (Å²) >= 11 is 0. The maximum absolute atomic E-state index is 11.9. The van der Waals surface area contributed by atoms with Crippen LogP contribution in [0.3, 0.4) is 0 Å². The predicted molar refractivity (Wildman–Crippen MR) is 84.9 cm³/mol. The molecule has 1 aromatic rings. The Bertz CT molecular complexity index is 549. The van der Waals surface area contributed by atoms with Gasteiger partial charge in [-0.25, -0.2) is 0 Å². The molecule has 0 aromatic heterocycles. The van der Waals surface area contributed by atoms with Gasteiger partial charge in [0, 0.05) is 17.6 Å². The Morgan fingerprint density at radius 2 is 1.86 bits per heavy atom. The van der Waals surface area contributed by atoms with E-state index in [-0.39, 0.29) is 17.7 Å². The van der Waals surface area contributed by atoms with Crippen molar-refractivity contribution in [2.24, 2.45) is 5.92 Å². The number of benzene rings is 1. The molecule has 1 aliphatic rings. The van der Waals surface area contributed by atoms with Crippen LogP contribution in [0.15, 0.2) is 30.3 Å². The van der Waals surface area contributed by atoms with Gasteiger partial charge < -0.3 is 4.74 Å². The highest BCUT2D eigenvalue weighted by Crippen LogP contribution is 2.23. The molecule has 2 amide bonds. The lowest BCUT2D eigenvalue weighted by atomic mass is 9.89. The lowest BCUT2D eigenvalue weighted by Gasteiger charge is -2.20. The van der Waals surface area contributed by atoms with Crippen LogP contribution in [-0.4, -0.2) is 18.9 Å². The summed E-state index contributed by atoms with van der Waals surface area (Å²) < 4.78 is 5.20. The number of carbonyl (C=O) groups is 2. The molecule has 5 nitrogen and oxygen atoms in total. The zero-order chi connectivity index (χ0) is 15.8. The van der Waals surface area contributed by atoms with Crippen molar-refractivity contribution in [2.45, 2.75) is 32.1 Å². The van der Waals surface area contributed by atoms with E-state index in [4.69, 9.17) is 4.74 Å². The molecule has 0 spiro atoms. The first-order chi connectivity index (χ1) is 10.7. The van der Waals surface area contributed by atoms with Gasteiger partial charge in [-0.15, -0.1) is 0 Å². The lowest BCUT2D eigenvalue weighted by molar-refractivity contribution is -0.130. The van der Waals surface area contributed by atoms with Crippen molar-refractivity contribution in [1.82, 2.24) is 10.9 Å². The predicted octanol–water partition coefficient (Wildman–Crippen LogP) is 2.44. The quantitative estimate of drug-likeness (QED) is 0.663. The summed E-state index contributed by atoms with van der Waals surface area (Å²) in [6.45, 7) is 0. The van der Waals surface area contributed by atoms with Crippen LogP contribution >= 0.6 is 0 Å². The van der Waals surface area contributed by atoms with Gasteiger partial charge in [0.15, 0.2) is 0 Å². The van der Waals surface area contributed by atoms with E-state index in [1.165, 1.54) is 12.5 Å². The third-order valence-corrected chi connectivity index (χ3v) is 3.84. The van der Waals surface area contributed by atoms with Crippen LogP contribution in [-0.2, 0) is 9.59 Å². The highest BCUT2D eigenvalue weighted by molar-refractivity contribution is 5.93. The number of methoxy groups -OCH3 is 1. The van der Waals surface area contributed by atoms with Crippen LogP contribution in [0, 0.1) is 5.92 Å². The maximum Gasteiger partial charge on any atom is 0.262 e. The third kappa shape index (κ3) is 4.62. The molecule has 2 rings (SSSR count). The number of para-hydroxylation sites is 1. The minimum absolute atomic E-state index is 0.0206. The van der Waals surface area contributed by atoms with Crippen LogP contribution in [0.5, 0.6) is 5.75 Å². The van der Waals surface area contributed by atoms with Crippen LogP contribution < -0.4 is 15.6 Å². The van der Waals surface area contributed by atoms with E-state index in [1.807, 2.05) is 24.3 Å². The van der Waals surface area contributed by atoms with Crippen LogP contribution in [0.25, 0.3) is 6.08 Å². The van der Waals surface area contributed by atoms with Crippen molar-refractivity contribution in [2.75, 3.05) is 7.11 Å². The molecule has 2 N–H and O–H groups in total. The summed E-state index contributed by atoms with van der Waals surface area (Å²) in [6, 6.07) is 7.40. The maximum atomic E-state index is 11.9. The Labute approximate surface area is 130 Å². The molecule has 0 bridgehead atoms. The van der Waals surface area contributed by atoms with Gasteiger partial charge in [0.1, 0.15) is 5.75 Å². The summed E-state index contributed by atoms with van der Waals surface area (Å²) in [4.78, 5) is 23.7. The normalized spacial score (nSPS) is 15.5. The summed E-state index contributed by atoms with van der Waals surface area (Å²) in [6.07, 6.45) is 8.19. The van der Waals surface area contributed by atoms with Crippen molar-refractivity contribution in [3.05, 3.63) is 35.9 Å². The van der Waals surface area contributed by atoms with Crippen molar-refractivity contribution in [1.29, 1.82) is 0 Å². The van der Waals surface area contributed by atoms with Gasteiger partial charge in [-0.05, 0) is 25.0 Å². The first kappa shape index (κ1) is 16.1. The molecule has 0 heterocycles. The fraction of sp³-hybridized carbons (Fsp3) is 0.412. The molecule has 0 radical (unpaired) electrons. The van der Waals surface area contributed by atoms with Crippen LogP contribution in [0.4, 0.5) is 0 Å². The van der Waals surface area contributed by atoms with Gasteiger partial charge in [-0.3, -0.25) is 20.4 Å². The molecule has 0 atom stereocenters. The molecule has 0 aliphatic heterocycles. The molecule has 22 heavy (non-hydrogen) atoms. The fourth-order valence-corrected chi connectivity index (χ4v) is 2.60. The van der Waals surface area contributed by atoms with E-state index in [9.17, 15) is 9.59 Å². The largest absolute Gasteiger partial charge is 0.496 e. The Hall–Kier alpha value is -2.30.